The Labute approximate surface area is 140 Å². The summed E-state index contributed by atoms with van der Waals surface area (Å²) >= 11 is 10.6. The lowest BCUT2D eigenvalue weighted by Crippen LogP contribution is -2.31. The molecule has 0 amide bonds. The number of hydrogen-bond donors (Lipinski definition) is 0. The molecule has 3 rings (SSSR count). The van der Waals surface area contributed by atoms with Gasteiger partial charge in [0.15, 0.2) is 11.5 Å². The zero-order valence-corrected chi connectivity index (χ0v) is 15.0. The zero-order chi connectivity index (χ0) is 15.0. The van der Waals surface area contributed by atoms with Crippen LogP contribution in [-0.4, -0.2) is 13.2 Å². The first-order valence-electron chi connectivity index (χ1n) is 7.72. The van der Waals surface area contributed by atoms with Crippen molar-refractivity contribution in [3.05, 3.63) is 22.2 Å². The lowest BCUT2D eigenvalue weighted by Gasteiger charge is -2.41. The molecular weight excluding hydrogens is 352 g/mol. The van der Waals surface area contributed by atoms with Gasteiger partial charge in [0.2, 0.25) is 0 Å². The Morgan fingerprint density at radius 3 is 2.52 bits per heavy atom. The van der Waals surface area contributed by atoms with E-state index in [-0.39, 0.29) is 10.8 Å². The van der Waals surface area contributed by atoms with E-state index >= 15 is 0 Å². The summed E-state index contributed by atoms with van der Waals surface area (Å²) < 4.78 is 12.4. The van der Waals surface area contributed by atoms with Crippen LogP contribution in [0.1, 0.15) is 50.5 Å². The molecule has 21 heavy (non-hydrogen) atoms. The lowest BCUT2D eigenvalue weighted by molar-refractivity contribution is 0.132. The molecule has 2 aliphatic rings. The maximum atomic E-state index is 6.89. The van der Waals surface area contributed by atoms with Crippen molar-refractivity contribution in [1.29, 1.82) is 0 Å². The van der Waals surface area contributed by atoms with Gasteiger partial charge in [0.1, 0.15) is 13.2 Å². The van der Waals surface area contributed by atoms with Crippen LogP contribution in [0.15, 0.2) is 16.6 Å². The standard InChI is InChI=1S/C17H22BrClO2/c1-17(2)6-4-3-5-12(17)16(19)11-9-14-15(10-13(11)18)21-8-7-20-14/h9-10,12,16H,3-8H2,1-2H3. The van der Waals surface area contributed by atoms with E-state index in [0.717, 1.165) is 21.5 Å². The minimum Gasteiger partial charge on any atom is -0.486 e. The van der Waals surface area contributed by atoms with Crippen molar-refractivity contribution in [3.8, 4) is 11.5 Å². The monoisotopic (exact) mass is 372 g/mol. The van der Waals surface area contributed by atoms with Gasteiger partial charge in [0, 0.05) is 4.47 Å². The maximum Gasteiger partial charge on any atom is 0.162 e. The van der Waals surface area contributed by atoms with Crippen molar-refractivity contribution in [1.82, 2.24) is 0 Å². The predicted octanol–water partition coefficient (Wildman–Crippen LogP) is 5.72. The van der Waals surface area contributed by atoms with Crippen LogP contribution in [0.4, 0.5) is 0 Å². The lowest BCUT2D eigenvalue weighted by atomic mass is 9.66. The highest BCUT2D eigenvalue weighted by molar-refractivity contribution is 9.10. The number of benzene rings is 1. The fourth-order valence-corrected chi connectivity index (χ4v) is 4.92. The van der Waals surface area contributed by atoms with Crippen LogP contribution in [-0.2, 0) is 0 Å². The number of alkyl halides is 1. The molecule has 1 aliphatic heterocycles. The average Bonchev–Trinajstić information content (AvgIpc) is 2.45. The fraction of sp³-hybridized carbons (Fsp3) is 0.647. The third kappa shape index (κ3) is 3.05. The highest BCUT2D eigenvalue weighted by Gasteiger charge is 2.38. The Balaban J connectivity index is 1.92. The molecule has 0 N–H and O–H groups in total. The van der Waals surface area contributed by atoms with Crippen LogP contribution in [0.5, 0.6) is 11.5 Å². The van der Waals surface area contributed by atoms with Gasteiger partial charge in [-0.3, -0.25) is 0 Å². The van der Waals surface area contributed by atoms with Gasteiger partial charge in [-0.15, -0.1) is 11.6 Å². The van der Waals surface area contributed by atoms with Crippen LogP contribution >= 0.6 is 27.5 Å². The molecule has 2 unspecified atom stereocenters. The van der Waals surface area contributed by atoms with E-state index in [9.17, 15) is 0 Å². The molecule has 0 saturated heterocycles. The molecule has 0 aromatic heterocycles. The maximum absolute atomic E-state index is 6.89. The summed E-state index contributed by atoms with van der Waals surface area (Å²) in [5.74, 6) is 2.12. The summed E-state index contributed by atoms with van der Waals surface area (Å²) in [5, 5.41) is 0.00509. The Hall–Kier alpha value is -0.410. The second-order valence-electron chi connectivity index (χ2n) is 6.76. The van der Waals surface area contributed by atoms with Crippen molar-refractivity contribution in [3.63, 3.8) is 0 Å². The number of rotatable bonds is 2. The van der Waals surface area contributed by atoms with Gasteiger partial charge in [0.25, 0.3) is 0 Å². The van der Waals surface area contributed by atoms with E-state index in [1.807, 2.05) is 6.07 Å². The van der Waals surface area contributed by atoms with E-state index in [1.165, 1.54) is 25.7 Å². The van der Waals surface area contributed by atoms with E-state index in [4.69, 9.17) is 21.1 Å². The summed E-state index contributed by atoms with van der Waals surface area (Å²) in [5.41, 5.74) is 1.41. The summed E-state index contributed by atoms with van der Waals surface area (Å²) in [4.78, 5) is 0. The molecule has 1 aromatic rings. The van der Waals surface area contributed by atoms with Gasteiger partial charge in [-0.05, 0) is 41.9 Å². The first-order chi connectivity index (χ1) is 9.99. The zero-order valence-electron chi connectivity index (χ0n) is 12.6. The molecule has 116 valence electrons. The molecular formula is C17H22BrClO2. The van der Waals surface area contributed by atoms with Gasteiger partial charge in [-0.25, -0.2) is 0 Å². The molecule has 1 saturated carbocycles. The second-order valence-corrected chi connectivity index (χ2v) is 8.08. The van der Waals surface area contributed by atoms with Crippen LogP contribution in [0.2, 0.25) is 0 Å². The van der Waals surface area contributed by atoms with E-state index < -0.39 is 0 Å². The third-order valence-electron chi connectivity index (χ3n) is 4.90. The Morgan fingerprint density at radius 1 is 1.19 bits per heavy atom. The SMILES string of the molecule is CC1(C)CCCCC1C(Cl)c1cc2c(cc1Br)OCCO2. The van der Waals surface area contributed by atoms with Crippen LogP contribution < -0.4 is 9.47 Å². The third-order valence-corrected chi connectivity index (χ3v) is 6.13. The number of hydrogen-bond acceptors (Lipinski definition) is 2. The summed E-state index contributed by atoms with van der Waals surface area (Å²) in [6, 6.07) is 4.05. The van der Waals surface area contributed by atoms with Crippen LogP contribution in [0, 0.1) is 11.3 Å². The normalized spacial score (nSPS) is 25.4. The molecule has 1 aromatic carbocycles. The molecule has 1 fully saturated rings. The predicted molar refractivity (Wildman–Crippen MR) is 89.5 cm³/mol. The number of ether oxygens (including phenoxy) is 2. The van der Waals surface area contributed by atoms with Gasteiger partial charge in [-0.1, -0.05) is 42.6 Å². The fourth-order valence-electron chi connectivity index (χ4n) is 3.57. The Kier molecular flexibility index (Phi) is 4.42. The largest absolute Gasteiger partial charge is 0.486 e. The van der Waals surface area contributed by atoms with E-state index in [2.05, 4.69) is 35.8 Å². The molecule has 1 heterocycles. The molecule has 0 radical (unpaired) electrons. The first kappa shape index (κ1) is 15.5. The van der Waals surface area contributed by atoms with Gasteiger partial charge < -0.3 is 9.47 Å². The first-order valence-corrected chi connectivity index (χ1v) is 8.95. The van der Waals surface area contributed by atoms with Gasteiger partial charge in [0.05, 0.1) is 5.38 Å². The highest BCUT2D eigenvalue weighted by atomic mass is 79.9. The topological polar surface area (TPSA) is 18.5 Å². The Bertz CT molecular complexity index is 530. The molecule has 4 heteroatoms. The van der Waals surface area contributed by atoms with Crippen molar-refractivity contribution in [2.45, 2.75) is 44.9 Å². The smallest absolute Gasteiger partial charge is 0.162 e. The van der Waals surface area contributed by atoms with Crippen molar-refractivity contribution in [2.75, 3.05) is 13.2 Å². The minimum absolute atomic E-state index is 0.00509. The van der Waals surface area contributed by atoms with Crippen LogP contribution in [0.25, 0.3) is 0 Å². The average molecular weight is 374 g/mol. The van der Waals surface area contributed by atoms with Crippen molar-refractivity contribution < 1.29 is 9.47 Å². The van der Waals surface area contributed by atoms with E-state index in [0.29, 0.717) is 19.1 Å². The molecule has 2 atom stereocenters. The number of fused-ring (bicyclic) bond motifs is 1. The van der Waals surface area contributed by atoms with Crippen molar-refractivity contribution >= 4 is 27.5 Å². The molecule has 1 aliphatic carbocycles. The quantitative estimate of drug-likeness (QED) is 0.617. The highest BCUT2D eigenvalue weighted by Crippen LogP contribution is 2.51. The van der Waals surface area contributed by atoms with Gasteiger partial charge in [-0.2, -0.15) is 0 Å². The van der Waals surface area contributed by atoms with Gasteiger partial charge >= 0.3 is 0 Å². The van der Waals surface area contributed by atoms with Crippen molar-refractivity contribution in [2.24, 2.45) is 11.3 Å². The second kappa shape index (κ2) is 6.00. The summed E-state index contributed by atoms with van der Waals surface area (Å²) in [6.07, 6.45) is 5.04. The summed E-state index contributed by atoms with van der Waals surface area (Å²) in [7, 11) is 0. The Morgan fingerprint density at radius 2 is 1.86 bits per heavy atom. The van der Waals surface area contributed by atoms with Crippen LogP contribution in [0.3, 0.4) is 0 Å². The molecule has 0 bridgehead atoms. The minimum atomic E-state index is 0.00509. The number of halogens is 2. The molecule has 2 nitrogen and oxygen atoms in total. The molecule has 0 spiro atoms. The summed E-state index contributed by atoms with van der Waals surface area (Å²) in [6.45, 7) is 5.91. The van der Waals surface area contributed by atoms with E-state index in [1.54, 1.807) is 0 Å².